The second-order valence-electron chi connectivity index (χ2n) is 10.4. The molecule has 0 aliphatic heterocycles. The van der Waals surface area contributed by atoms with E-state index in [9.17, 15) is 5.26 Å². The van der Waals surface area contributed by atoms with Crippen molar-refractivity contribution in [2.45, 2.75) is 97.3 Å². The third kappa shape index (κ3) is 8.02. The highest BCUT2D eigenvalue weighted by Crippen LogP contribution is 2.40. The molecule has 0 aromatic heterocycles. The summed E-state index contributed by atoms with van der Waals surface area (Å²) in [5, 5.41) is 9.84. The van der Waals surface area contributed by atoms with Gasteiger partial charge in [0.15, 0.2) is 0 Å². The third-order valence-electron chi connectivity index (χ3n) is 7.95. The van der Waals surface area contributed by atoms with E-state index < -0.39 is 0 Å². The highest BCUT2D eigenvalue weighted by Gasteiger charge is 2.31. The minimum absolute atomic E-state index is 0.286. The van der Waals surface area contributed by atoms with Crippen LogP contribution >= 0.6 is 0 Å². The molecule has 3 rings (SSSR count). The van der Waals surface area contributed by atoms with Gasteiger partial charge in [0.25, 0.3) is 0 Å². The van der Waals surface area contributed by atoms with Gasteiger partial charge in [-0.15, -0.1) is 0 Å². The van der Waals surface area contributed by atoms with Crippen molar-refractivity contribution in [3.8, 4) is 17.6 Å². The molecule has 1 aromatic rings. The van der Waals surface area contributed by atoms with Crippen LogP contribution in [-0.2, 0) is 0 Å². The number of nitriles is 1. The fourth-order valence-corrected chi connectivity index (χ4v) is 5.81. The van der Waals surface area contributed by atoms with Crippen LogP contribution in [0.4, 0.5) is 0 Å². The molecule has 0 bridgehead atoms. The molecule has 2 aliphatic rings. The Kier molecular flexibility index (Phi) is 10.7. The molecule has 1 atom stereocenters. The molecule has 0 saturated heterocycles. The molecule has 2 saturated carbocycles. The van der Waals surface area contributed by atoms with Gasteiger partial charge in [0.05, 0.1) is 19.3 Å². The second-order valence-corrected chi connectivity index (χ2v) is 10.4. The zero-order chi connectivity index (χ0) is 22.6. The Morgan fingerprint density at radius 1 is 0.812 bits per heavy atom. The van der Waals surface area contributed by atoms with Crippen LogP contribution in [0.3, 0.4) is 0 Å². The van der Waals surface area contributed by atoms with E-state index >= 15 is 0 Å². The predicted octanol–water partition coefficient (Wildman–Crippen LogP) is 8.19. The summed E-state index contributed by atoms with van der Waals surface area (Å²) in [5.41, 5.74) is 0. The van der Waals surface area contributed by atoms with Crippen LogP contribution < -0.4 is 9.47 Å². The largest absolute Gasteiger partial charge is 0.494 e. The predicted molar refractivity (Wildman–Crippen MR) is 132 cm³/mol. The Morgan fingerprint density at radius 3 is 2.00 bits per heavy atom. The van der Waals surface area contributed by atoms with E-state index in [0.717, 1.165) is 55.8 Å². The summed E-state index contributed by atoms with van der Waals surface area (Å²) in [4.78, 5) is 0. The fourth-order valence-electron chi connectivity index (χ4n) is 5.81. The zero-order valence-corrected chi connectivity index (χ0v) is 20.6. The maximum absolute atomic E-state index is 9.84. The molecular formula is C29H45NO2. The molecule has 1 unspecified atom stereocenters. The topological polar surface area (TPSA) is 42.2 Å². The van der Waals surface area contributed by atoms with E-state index in [-0.39, 0.29) is 5.92 Å². The standard InChI is InChI=1S/C29H45NO2/c1-3-5-19-31-28-15-17-29(18-16-28)32-22-25-9-7-24(8-10-25)20-27(21-30)26-13-11-23(6-4-2)12-14-26/h15-18,23-27H,3-14,19-20,22H2,1-2H3/t23-,24-,25-,26-,27?. The van der Waals surface area contributed by atoms with Gasteiger partial charge in [0.1, 0.15) is 11.5 Å². The van der Waals surface area contributed by atoms with Gasteiger partial charge < -0.3 is 9.47 Å². The van der Waals surface area contributed by atoms with Gasteiger partial charge in [-0.05, 0) is 86.5 Å². The van der Waals surface area contributed by atoms with Gasteiger partial charge in [0.2, 0.25) is 0 Å². The lowest BCUT2D eigenvalue weighted by molar-refractivity contribution is 0.154. The van der Waals surface area contributed by atoms with Crippen LogP contribution in [0.2, 0.25) is 0 Å². The fraction of sp³-hybridized carbons (Fsp3) is 0.759. The number of ether oxygens (including phenoxy) is 2. The van der Waals surface area contributed by atoms with Gasteiger partial charge in [-0.2, -0.15) is 5.26 Å². The lowest BCUT2D eigenvalue weighted by Gasteiger charge is -2.34. The minimum atomic E-state index is 0.286. The van der Waals surface area contributed by atoms with Crippen LogP contribution in [0.5, 0.6) is 11.5 Å². The Bertz CT molecular complexity index is 663. The lowest BCUT2D eigenvalue weighted by atomic mass is 9.70. The first-order valence-corrected chi connectivity index (χ1v) is 13.5. The molecule has 0 radical (unpaired) electrons. The van der Waals surface area contributed by atoms with E-state index in [4.69, 9.17) is 9.47 Å². The van der Waals surface area contributed by atoms with Gasteiger partial charge in [0, 0.05) is 5.92 Å². The first-order valence-electron chi connectivity index (χ1n) is 13.5. The third-order valence-corrected chi connectivity index (χ3v) is 7.95. The Hall–Kier alpha value is -1.69. The molecule has 3 heteroatoms. The zero-order valence-electron chi connectivity index (χ0n) is 20.6. The van der Waals surface area contributed by atoms with Gasteiger partial charge in [-0.1, -0.05) is 58.8 Å². The Balaban J connectivity index is 1.33. The van der Waals surface area contributed by atoms with Crippen LogP contribution in [0, 0.1) is 40.9 Å². The van der Waals surface area contributed by atoms with Crippen LogP contribution in [0.15, 0.2) is 24.3 Å². The summed E-state index contributed by atoms with van der Waals surface area (Å²) >= 11 is 0. The molecule has 1 aromatic carbocycles. The molecule has 2 aliphatic carbocycles. The van der Waals surface area contributed by atoms with Crippen LogP contribution in [0.25, 0.3) is 0 Å². The van der Waals surface area contributed by atoms with E-state index in [1.165, 1.54) is 64.2 Å². The normalized spacial score (nSPS) is 26.8. The molecule has 0 spiro atoms. The second kappa shape index (κ2) is 13.8. The molecule has 0 amide bonds. The van der Waals surface area contributed by atoms with Gasteiger partial charge >= 0.3 is 0 Å². The van der Waals surface area contributed by atoms with Crippen molar-refractivity contribution >= 4 is 0 Å². The van der Waals surface area contributed by atoms with Crippen molar-refractivity contribution < 1.29 is 9.47 Å². The molecular weight excluding hydrogens is 394 g/mol. The summed E-state index contributed by atoms with van der Waals surface area (Å²) < 4.78 is 11.8. The Morgan fingerprint density at radius 2 is 1.41 bits per heavy atom. The summed E-state index contributed by atoms with van der Waals surface area (Å²) in [6.45, 7) is 6.07. The maximum Gasteiger partial charge on any atom is 0.119 e. The summed E-state index contributed by atoms with van der Waals surface area (Å²) in [6.07, 6.45) is 16.4. The number of hydrogen-bond donors (Lipinski definition) is 0. The summed E-state index contributed by atoms with van der Waals surface area (Å²) in [7, 11) is 0. The summed E-state index contributed by atoms with van der Waals surface area (Å²) in [5.74, 6) is 5.13. The Labute approximate surface area is 196 Å². The smallest absolute Gasteiger partial charge is 0.119 e. The van der Waals surface area contributed by atoms with E-state index in [2.05, 4.69) is 19.9 Å². The lowest BCUT2D eigenvalue weighted by Crippen LogP contribution is -2.25. The van der Waals surface area contributed by atoms with E-state index in [1.807, 2.05) is 24.3 Å². The molecule has 0 N–H and O–H groups in total. The van der Waals surface area contributed by atoms with Gasteiger partial charge in [-0.3, -0.25) is 0 Å². The number of hydrogen-bond acceptors (Lipinski definition) is 3. The van der Waals surface area contributed by atoms with Crippen molar-refractivity contribution in [1.82, 2.24) is 0 Å². The maximum atomic E-state index is 9.84. The van der Waals surface area contributed by atoms with Crippen molar-refractivity contribution in [3.05, 3.63) is 24.3 Å². The monoisotopic (exact) mass is 439 g/mol. The first-order chi connectivity index (χ1) is 15.7. The molecule has 0 heterocycles. The molecule has 2 fully saturated rings. The summed E-state index contributed by atoms with van der Waals surface area (Å²) in [6, 6.07) is 10.8. The van der Waals surface area contributed by atoms with E-state index in [1.54, 1.807) is 0 Å². The number of rotatable bonds is 12. The van der Waals surface area contributed by atoms with Crippen molar-refractivity contribution in [2.75, 3.05) is 13.2 Å². The van der Waals surface area contributed by atoms with Crippen molar-refractivity contribution in [3.63, 3.8) is 0 Å². The number of benzene rings is 1. The highest BCUT2D eigenvalue weighted by atomic mass is 16.5. The number of nitrogens with zero attached hydrogens (tertiary/aromatic N) is 1. The van der Waals surface area contributed by atoms with Crippen LogP contribution in [0.1, 0.15) is 97.3 Å². The van der Waals surface area contributed by atoms with Crippen molar-refractivity contribution in [1.29, 1.82) is 5.26 Å². The highest BCUT2D eigenvalue weighted by molar-refractivity contribution is 5.31. The SMILES string of the molecule is CCCCOc1ccc(OC[C@H]2CC[C@H](CC(C#N)[C@H]3CC[C@H](CCC)CC3)CC2)cc1. The molecule has 32 heavy (non-hydrogen) atoms. The van der Waals surface area contributed by atoms with Gasteiger partial charge in [-0.25, -0.2) is 0 Å². The van der Waals surface area contributed by atoms with Crippen LogP contribution in [-0.4, -0.2) is 13.2 Å². The minimum Gasteiger partial charge on any atom is -0.494 e. The molecule has 178 valence electrons. The molecule has 3 nitrogen and oxygen atoms in total. The number of unbranched alkanes of at least 4 members (excludes halogenated alkanes) is 1. The average molecular weight is 440 g/mol. The van der Waals surface area contributed by atoms with E-state index in [0.29, 0.717) is 11.8 Å². The quantitative estimate of drug-likeness (QED) is 0.308. The average Bonchev–Trinajstić information content (AvgIpc) is 2.84. The first kappa shape index (κ1) is 24.9. The van der Waals surface area contributed by atoms with Crippen molar-refractivity contribution in [2.24, 2.45) is 29.6 Å².